The molecule has 0 aliphatic rings. The zero-order valence-electron chi connectivity index (χ0n) is 11.7. The summed E-state index contributed by atoms with van der Waals surface area (Å²) in [7, 11) is -3.32. The maximum absolute atomic E-state index is 12.1. The Morgan fingerprint density at radius 1 is 1.33 bits per heavy atom. The van der Waals surface area contributed by atoms with Crippen molar-refractivity contribution in [1.29, 1.82) is 0 Å². The van der Waals surface area contributed by atoms with Gasteiger partial charge in [-0.05, 0) is 36.1 Å². The Labute approximate surface area is 127 Å². The van der Waals surface area contributed by atoms with E-state index in [1.807, 2.05) is 11.4 Å². The lowest BCUT2D eigenvalue weighted by Crippen LogP contribution is -2.27. The fourth-order valence-electron chi connectivity index (χ4n) is 1.77. The third-order valence-electron chi connectivity index (χ3n) is 3.03. The van der Waals surface area contributed by atoms with Crippen LogP contribution in [0.25, 0.3) is 0 Å². The number of aryl methyl sites for hydroxylation is 1. The molecule has 1 aromatic heterocycles. The summed E-state index contributed by atoms with van der Waals surface area (Å²) in [5, 5.41) is 4.53. The number of sulfone groups is 1. The normalized spacial score (nSPS) is 12.9. The largest absolute Gasteiger partial charge is 0.324 e. The maximum atomic E-state index is 12.1. The molecule has 2 rings (SSSR count). The molecule has 0 saturated carbocycles. The molecule has 1 amide bonds. The van der Waals surface area contributed by atoms with Crippen LogP contribution in [0.4, 0.5) is 5.69 Å². The zero-order valence-corrected chi connectivity index (χ0v) is 13.3. The molecule has 0 bridgehead atoms. The second-order valence-electron chi connectivity index (χ2n) is 4.73. The van der Waals surface area contributed by atoms with Crippen LogP contribution in [0, 0.1) is 6.92 Å². The molecular weight excluding hydrogens is 308 g/mol. The number of hydrogen-bond acceptors (Lipinski definition) is 5. The second-order valence-corrected chi connectivity index (χ2v) is 7.73. The van der Waals surface area contributed by atoms with Crippen LogP contribution < -0.4 is 11.1 Å². The van der Waals surface area contributed by atoms with Crippen LogP contribution in [0.15, 0.2) is 40.6 Å². The van der Waals surface area contributed by atoms with Gasteiger partial charge in [-0.3, -0.25) is 4.79 Å². The van der Waals surface area contributed by atoms with Crippen LogP contribution in [0.3, 0.4) is 0 Å². The highest BCUT2D eigenvalue weighted by molar-refractivity contribution is 7.90. The molecule has 0 aliphatic heterocycles. The quantitative estimate of drug-likeness (QED) is 0.901. The summed E-state index contributed by atoms with van der Waals surface area (Å²) >= 11 is 1.40. The Bertz CT molecular complexity index is 753. The van der Waals surface area contributed by atoms with Crippen molar-refractivity contribution < 1.29 is 13.2 Å². The van der Waals surface area contributed by atoms with Gasteiger partial charge >= 0.3 is 0 Å². The van der Waals surface area contributed by atoms with Gasteiger partial charge in [0, 0.05) is 16.8 Å². The Morgan fingerprint density at radius 3 is 2.62 bits per heavy atom. The SMILES string of the molecule is Cc1ccc(S(C)(=O)=O)cc1NC(=O)C(N)c1cccs1. The van der Waals surface area contributed by atoms with E-state index in [1.54, 1.807) is 19.1 Å². The molecule has 0 spiro atoms. The van der Waals surface area contributed by atoms with Crippen molar-refractivity contribution in [3.05, 3.63) is 46.2 Å². The van der Waals surface area contributed by atoms with Gasteiger partial charge in [0.1, 0.15) is 6.04 Å². The number of carbonyl (C=O) groups excluding carboxylic acids is 1. The van der Waals surface area contributed by atoms with Gasteiger partial charge in [-0.1, -0.05) is 12.1 Å². The molecule has 1 atom stereocenters. The summed E-state index contributed by atoms with van der Waals surface area (Å²) in [4.78, 5) is 13.1. The molecule has 3 N–H and O–H groups in total. The summed E-state index contributed by atoms with van der Waals surface area (Å²) in [5.74, 6) is -0.369. The van der Waals surface area contributed by atoms with Crippen molar-refractivity contribution in [2.45, 2.75) is 17.9 Å². The maximum Gasteiger partial charge on any atom is 0.246 e. The highest BCUT2D eigenvalue weighted by atomic mass is 32.2. The number of nitrogens with one attached hydrogen (secondary N) is 1. The van der Waals surface area contributed by atoms with E-state index in [4.69, 9.17) is 5.73 Å². The fraction of sp³-hybridized carbons (Fsp3) is 0.214. The molecule has 7 heteroatoms. The average Bonchev–Trinajstić information content (AvgIpc) is 2.92. The van der Waals surface area contributed by atoms with Gasteiger partial charge < -0.3 is 11.1 Å². The van der Waals surface area contributed by atoms with Crippen LogP contribution in [-0.4, -0.2) is 20.6 Å². The van der Waals surface area contributed by atoms with E-state index in [1.165, 1.54) is 23.5 Å². The summed E-state index contributed by atoms with van der Waals surface area (Å²) in [6.45, 7) is 1.79. The molecule has 2 aromatic rings. The number of carbonyl (C=O) groups is 1. The molecule has 0 radical (unpaired) electrons. The lowest BCUT2D eigenvalue weighted by atomic mass is 10.2. The molecule has 5 nitrogen and oxygen atoms in total. The van der Waals surface area contributed by atoms with Crippen LogP contribution >= 0.6 is 11.3 Å². The van der Waals surface area contributed by atoms with Gasteiger partial charge in [0.05, 0.1) is 4.90 Å². The van der Waals surface area contributed by atoms with Crippen molar-refractivity contribution in [3.63, 3.8) is 0 Å². The van der Waals surface area contributed by atoms with Gasteiger partial charge in [-0.15, -0.1) is 11.3 Å². The number of anilines is 1. The van der Waals surface area contributed by atoms with Gasteiger partial charge in [0.25, 0.3) is 0 Å². The Balaban J connectivity index is 2.25. The van der Waals surface area contributed by atoms with Crippen molar-refractivity contribution in [1.82, 2.24) is 0 Å². The first kappa shape index (κ1) is 15.7. The topological polar surface area (TPSA) is 89.3 Å². The number of nitrogens with two attached hydrogens (primary N) is 1. The molecule has 21 heavy (non-hydrogen) atoms. The summed E-state index contributed by atoms with van der Waals surface area (Å²) in [6.07, 6.45) is 1.13. The van der Waals surface area contributed by atoms with Crippen LogP contribution in [0.2, 0.25) is 0 Å². The Morgan fingerprint density at radius 2 is 2.05 bits per heavy atom. The van der Waals surface area contributed by atoms with Crippen LogP contribution in [0.5, 0.6) is 0 Å². The molecule has 0 fully saturated rings. The van der Waals surface area contributed by atoms with Crippen molar-refractivity contribution in [3.8, 4) is 0 Å². The number of hydrogen-bond donors (Lipinski definition) is 2. The second kappa shape index (κ2) is 5.97. The van der Waals surface area contributed by atoms with Crippen LogP contribution in [-0.2, 0) is 14.6 Å². The molecule has 1 unspecified atom stereocenters. The van der Waals surface area contributed by atoms with E-state index in [9.17, 15) is 13.2 Å². The van der Waals surface area contributed by atoms with Crippen molar-refractivity contribution >= 4 is 32.8 Å². The highest BCUT2D eigenvalue weighted by Gasteiger charge is 2.18. The predicted octanol–water partition coefficient (Wildman–Crippen LogP) is 2.10. The Kier molecular flexibility index (Phi) is 4.46. The van der Waals surface area contributed by atoms with Gasteiger partial charge in [0.15, 0.2) is 9.84 Å². The van der Waals surface area contributed by atoms with Crippen molar-refractivity contribution in [2.75, 3.05) is 11.6 Å². The molecular formula is C14H16N2O3S2. The summed E-state index contributed by atoms with van der Waals surface area (Å²) < 4.78 is 23.1. The fourth-order valence-corrected chi connectivity index (χ4v) is 3.15. The minimum absolute atomic E-state index is 0.160. The van der Waals surface area contributed by atoms with Gasteiger partial charge in [-0.25, -0.2) is 8.42 Å². The first-order valence-corrected chi connectivity index (χ1v) is 8.96. The van der Waals surface area contributed by atoms with Crippen LogP contribution in [0.1, 0.15) is 16.5 Å². The standard InChI is InChI=1S/C14H16N2O3S2/c1-9-5-6-10(21(2,18)19)8-11(9)16-14(17)13(15)12-4-3-7-20-12/h3-8,13H,15H2,1-2H3,(H,16,17). The third-order valence-corrected chi connectivity index (χ3v) is 5.09. The molecule has 0 saturated heterocycles. The summed E-state index contributed by atoms with van der Waals surface area (Å²) in [6, 6.07) is 7.45. The average molecular weight is 324 g/mol. The van der Waals surface area contributed by atoms with Gasteiger partial charge in [0.2, 0.25) is 5.91 Å². The predicted molar refractivity (Wildman–Crippen MR) is 84.2 cm³/mol. The number of amides is 1. The minimum atomic E-state index is -3.32. The number of rotatable bonds is 4. The molecule has 112 valence electrons. The summed E-state index contributed by atoms with van der Waals surface area (Å²) in [5.41, 5.74) is 7.11. The monoisotopic (exact) mass is 324 g/mol. The smallest absolute Gasteiger partial charge is 0.246 e. The van der Waals surface area contributed by atoms with E-state index < -0.39 is 15.9 Å². The molecule has 0 aliphatic carbocycles. The van der Waals surface area contributed by atoms with E-state index in [0.29, 0.717) is 5.69 Å². The van der Waals surface area contributed by atoms with E-state index in [-0.39, 0.29) is 10.8 Å². The molecule has 1 aromatic carbocycles. The lowest BCUT2D eigenvalue weighted by Gasteiger charge is -2.13. The molecule has 1 heterocycles. The van der Waals surface area contributed by atoms with Gasteiger partial charge in [-0.2, -0.15) is 0 Å². The number of thiophene rings is 1. The van der Waals surface area contributed by atoms with E-state index in [2.05, 4.69) is 5.32 Å². The Hall–Kier alpha value is -1.70. The number of benzene rings is 1. The van der Waals surface area contributed by atoms with E-state index in [0.717, 1.165) is 16.7 Å². The zero-order chi connectivity index (χ0) is 15.6. The van der Waals surface area contributed by atoms with Crippen molar-refractivity contribution in [2.24, 2.45) is 5.73 Å². The van der Waals surface area contributed by atoms with E-state index >= 15 is 0 Å². The minimum Gasteiger partial charge on any atom is -0.324 e. The highest BCUT2D eigenvalue weighted by Crippen LogP contribution is 2.23. The third kappa shape index (κ3) is 3.69. The first-order chi connectivity index (χ1) is 9.79. The lowest BCUT2D eigenvalue weighted by molar-refractivity contribution is -0.117. The first-order valence-electron chi connectivity index (χ1n) is 6.19.